The number of nitrogens with one attached hydrogen (secondary N) is 1. The number of amides is 1. The Balaban J connectivity index is 1.64. The number of H-pyrrole nitrogens is 1. The van der Waals surface area contributed by atoms with Gasteiger partial charge in [-0.1, -0.05) is 12.1 Å². The second-order valence-corrected chi connectivity index (χ2v) is 6.81. The lowest BCUT2D eigenvalue weighted by molar-refractivity contribution is 0.0706. The number of hydrogen-bond donors (Lipinski definition) is 3. The Hall–Kier alpha value is -2.64. The van der Waals surface area contributed by atoms with Crippen LogP contribution in [-0.2, 0) is 13.1 Å². The van der Waals surface area contributed by atoms with Crippen LogP contribution >= 0.6 is 0 Å². The number of aliphatic hydroxyl groups is 2. The number of para-hydroxylation sites is 1. The van der Waals surface area contributed by atoms with Crippen LogP contribution in [0.25, 0.3) is 10.9 Å². The number of aliphatic hydroxyl groups excluding tert-OH is 2. The van der Waals surface area contributed by atoms with Gasteiger partial charge in [-0.15, -0.1) is 0 Å². The number of aromatic amines is 1. The third-order valence-electron chi connectivity index (χ3n) is 5.19. The number of rotatable bonds is 3. The molecule has 7 heteroatoms. The van der Waals surface area contributed by atoms with Gasteiger partial charge >= 0.3 is 0 Å². The van der Waals surface area contributed by atoms with E-state index in [0.29, 0.717) is 30.9 Å². The predicted octanol–water partition coefficient (Wildman–Crippen LogP) is 1.66. The molecule has 0 bridgehead atoms. The van der Waals surface area contributed by atoms with Crippen LogP contribution < -0.4 is 0 Å². The topological polar surface area (TPSA) is 94.4 Å². The van der Waals surface area contributed by atoms with Crippen molar-refractivity contribution in [3.8, 4) is 0 Å². The Bertz CT molecular complexity index is 988. The zero-order valence-electron chi connectivity index (χ0n) is 14.9. The summed E-state index contributed by atoms with van der Waals surface area (Å²) in [6.45, 7) is 5.24. The van der Waals surface area contributed by atoms with Gasteiger partial charge in [0.2, 0.25) is 0 Å². The highest BCUT2D eigenvalue weighted by Crippen LogP contribution is 2.26. The van der Waals surface area contributed by atoms with Gasteiger partial charge in [0.1, 0.15) is 6.10 Å². The van der Waals surface area contributed by atoms with Crippen LogP contribution in [0.1, 0.15) is 39.1 Å². The van der Waals surface area contributed by atoms with Gasteiger partial charge in [0.25, 0.3) is 5.91 Å². The van der Waals surface area contributed by atoms with E-state index in [1.165, 1.54) is 0 Å². The first-order chi connectivity index (χ1) is 12.5. The molecule has 0 saturated heterocycles. The van der Waals surface area contributed by atoms with Gasteiger partial charge in [0, 0.05) is 17.6 Å². The fourth-order valence-electron chi connectivity index (χ4n) is 3.55. The minimum absolute atomic E-state index is 0.0199. The monoisotopic (exact) mass is 354 g/mol. The van der Waals surface area contributed by atoms with Crippen molar-refractivity contribution in [1.29, 1.82) is 0 Å². The first-order valence-electron chi connectivity index (χ1n) is 8.72. The van der Waals surface area contributed by atoms with E-state index in [1.807, 2.05) is 25.1 Å². The zero-order valence-corrected chi connectivity index (χ0v) is 14.9. The molecular formula is C19H22N4O3. The maximum Gasteiger partial charge on any atom is 0.256 e. The van der Waals surface area contributed by atoms with Gasteiger partial charge in [-0.05, 0) is 31.5 Å². The van der Waals surface area contributed by atoms with E-state index in [4.69, 9.17) is 5.11 Å². The van der Waals surface area contributed by atoms with Crippen LogP contribution in [0.4, 0.5) is 0 Å². The summed E-state index contributed by atoms with van der Waals surface area (Å²) in [4.78, 5) is 18.3. The van der Waals surface area contributed by atoms with Crippen molar-refractivity contribution in [2.75, 3.05) is 13.2 Å². The highest BCUT2D eigenvalue weighted by atomic mass is 16.3. The number of aryl methyl sites for hydroxylation is 2. The van der Waals surface area contributed by atoms with Crippen LogP contribution in [0.3, 0.4) is 0 Å². The molecule has 0 saturated carbocycles. The third-order valence-corrected chi connectivity index (χ3v) is 5.19. The van der Waals surface area contributed by atoms with Crippen molar-refractivity contribution in [2.24, 2.45) is 0 Å². The molecule has 2 aromatic heterocycles. The second kappa shape index (κ2) is 6.26. The van der Waals surface area contributed by atoms with E-state index in [2.05, 4.69) is 17.0 Å². The van der Waals surface area contributed by atoms with Crippen molar-refractivity contribution in [3.05, 3.63) is 52.5 Å². The lowest BCUT2D eigenvalue weighted by atomic mass is 10.1. The third kappa shape index (κ3) is 2.60. The Morgan fingerprint density at radius 1 is 1.35 bits per heavy atom. The molecule has 0 fully saturated rings. The van der Waals surface area contributed by atoms with Crippen molar-refractivity contribution in [1.82, 2.24) is 19.7 Å². The van der Waals surface area contributed by atoms with Crippen LogP contribution in [0, 0.1) is 13.8 Å². The molecule has 3 aromatic rings. The number of carbonyl (C=O) groups is 1. The van der Waals surface area contributed by atoms with Crippen molar-refractivity contribution in [3.63, 3.8) is 0 Å². The number of benzene rings is 1. The first-order valence-corrected chi connectivity index (χ1v) is 8.72. The van der Waals surface area contributed by atoms with Crippen LogP contribution in [0.5, 0.6) is 0 Å². The molecule has 3 N–H and O–H groups in total. The molecule has 1 aromatic carbocycles. The fourth-order valence-corrected chi connectivity index (χ4v) is 3.55. The Morgan fingerprint density at radius 2 is 2.15 bits per heavy atom. The molecule has 7 nitrogen and oxygen atoms in total. The van der Waals surface area contributed by atoms with Crippen LogP contribution in [0.15, 0.2) is 24.3 Å². The number of nitrogens with zero attached hydrogens (tertiary/aromatic N) is 3. The molecule has 1 atom stereocenters. The molecule has 0 spiro atoms. The molecular weight excluding hydrogens is 332 g/mol. The van der Waals surface area contributed by atoms with Crippen molar-refractivity contribution in [2.45, 2.75) is 33.0 Å². The zero-order chi connectivity index (χ0) is 18.4. The molecule has 136 valence electrons. The number of aromatic nitrogens is 3. The van der Waals surface area contributed by atoms with Gasteiger partial charge in [-0.3, -0.25) is 9.48 Å². The highest BCUT2D eigenvalue weighted by molar-refractivity contribution is 6.06. The molecule has 1 amide bonds. The van der Waals surface area contributed by atoms with E-state index in [1.54, 1.807) is 15.6 Å². The summed E-state index contributed by atoms with van der Waals surface area (Å²) in [5, 5.41) is 24.3. The summed E-state index contributed by atoms with van der Waals surface area (Å²) in [7, 11) is 0. The van der Waals surface area contributed by atoms with E-state index in [9.17, 15) is 9.90 Å². The minimum Gasteiger partial charge on any atom is -0.393 e. The largest absolute Gasteiger partial charge is 0.393 e. The van der Waals surface area contributed by atoms with Gasteiger partial charge < -0.3 is 20.1 Å². The molecule has 1 aliphatic rings. The van der Waals surface area contributed by atoms with E-state index in [-0.39, 0.29) is 12.5 Å². The van der Waals surface area contributed by atoms with Crippen molar-refractivity contribution >= 4 is 16.8 Å². The maximum absolute atomic E-state index is 13.1. The van der Waals surface area contributed by atoms with E-state index in [0.717, 1.165) is 27.9 Å². The molecule has 1 aliphatic heterocycles. The van der Waals surface area contributed by atoms with Gasteiger partial charge in [-0.2, -0.15) is 5.10 Å². The second-order valence-electron chi connectivity index (χ2n) is 6.81. The quantitative estimate of drug-likeness (QED) is 0.667. The summed E-state index contributed by atoms with van der Waals surface area (Å²) < 4.78 is 1.79. The Kier molecular flexibility index (Phi) is 4.05. The lowest BCUT2D eigenvalue weighted by Crippen LogP contribution is -2.38. The maximum atomic E-state index is 13.1. The molecule has 4 rings (SSSR count). The summed E-state index contributed by atoms with van der Waals surface area (Å²) >= 11 is 0. The first kappa shape index (κ1) is 16.8. The summed E-state index contributed by atoms with van der Waals surface area (Å²) in [5.74, 6) is -0.0199. The Morgan fingerprint density at radius 3 is 2.92 bits per heavy atom. The number of carbonyl (C=O) groups excluding carboxylic acids is 1. The molecule has 0 radical (unpaired) electrons. The minimum atomic E-state index is -0.990. The summed E-state index contributed by atoms with van der Waals surface area (Å²) in [5.41, 5.74) is 5.08. The van der Waals surface area contributed by atoms with Crippen molar-refractivity contribution < 1.29 is 15.0 Å². The fraction of sp³-hybridized carbons (Fsp3) is 0.368. The molecule has 3 heterocycles. The van der Waals surface area contributed by atoms with E-state index >= 15 is 0 Å². The SMILES string of the molecule is Cc1[nH]c2c(C(=O)N3CCn4nc([C@@H](O)CO)cc4C3)cccc2c1C. The Labute approximate surface area is 150 Å². The standard InChI is InChI=1S/C19H22N4O3/c1-11-12(2)20-18-14(11)4-3-5-15(18)19(26)22-6-7-23-13(9-22)8-16(21-23)17(25)10-24/h3-5,8,17,20,24-25H,6-7,9-10H2,1-2H3/t17-/m0/s1. The average molecular weight is 354 g/mol. The van der Waals surface area contributed by atoms with Gasteiger partial charge in [0.15, 0.2) is 0 Å². The summed E-state index contributed by atoms with van der Waals surface area (Å²) in [6.07, 6.45) is -0.990. The normalized spacial score (nSPS) is 15.3. The van der Waals surface area contributed by atoms with Gasteiger partial charge in [0.05, 0.1) is 42.2 Å². The van der Waals surface area contributed by atoms with Gasteiger partial charge in [-0.25, -0.2) is 0 Å². The van der Waals surface area contributed by atoms with Crippen LogP contribution in [0.2, 0.25) is 0 Å². The number of hydrogen-bond acceptors (Lipinski definition) is 4. The molecule has 0 aliphatic carbocycles. The average Bonchev–Trinajstić information content (AvgIpc) is 3.21. The number of fused-ring (bicyclic) bond motifs is 2. The lowest BCUT2D eigenvalue weighted by Gasteiger charge is -2.28. The summed E-state index contributed by atoms with van der Waals surface area (Å²) in [6, 6.07) is 7.55. The molecule has 26 heavy (non-hydrogen) atoms. The molecule has 0 unspecified atom stereocenters. The van der Waals surface area contributed by atoms with E-state index < -0.39 is 6.10 Å². The predicted molar refractivity (Wildman–Crippen MR) is 96.8 cm³/mol. The smallest absolute Gasteiger partial charge is 0.256 e. The highest BCUT2D eigenvalue weighted by Gasteiger charge is 2.26. The van der Waals surface area contributed by atoms with Crippen LogP contribution in [-0.4, -0.2) is 48.9 Å².